The van der Waals surface area contributed by atoms with Gasteiger partial charge in [-0.2, -0.15) is 0 Å². The SMILES string of the molecule is Nc1ccc(C(=O)O)cc1Nc1cccc(OC2CCNCC2)c1. The predicted molar refractivity (Wildman–Crippen MR) is 94.1 cm³/mol. The van der Waals surface area contributed by atoms with Crippen molar-refractivity contribution in [3.63, 3.8) is 0 Å². The van der Waals surface area contributed by atoms with Crippen LogP contribution in [0.5, 0.6) is 5.75 Å². The Bertz CT molecular complexity index is 727. The normalized spacial score (nSPS) is 15.0. The molecule has 2 aromatic rings. The lowest BCUT2D eigenvalue weighted by atomic mass is 10.1. The summed E-state index contributed by atoms with van der Waals surface area (Å²) in [5.41, 5.74) is 7.98. The summed E-state index contributed by atoms with van der Waals surface area (Å²) >= 11 is 0. The molecule has 0 atom stereocenters. The van der Waals surface area contributed by atoms with Crippen molar-refractivity contribution in [3.8, 4) is 5.75 Å². The van der Waals surface area contributed by atoms with Gasteiger partial charge in [0.25, 0.3) is 0 Å². The molecule has 0 aromatic heterocycles. The third-order valence-electron chi connectivity index (χ3n) is 4.00. The highest BCUT2D eigenvalue weighted by Gasteiger charge is 2.14. The van der Waals surface area contributed by atoms with E-state index in [0.29, 0.717) is 11.4 Å². The lowest BCUT2D eigenvalue weighted by Gasteiger charge is -2.24. The number of nitrogen functional groups attached to an aromatic ring is 1. The molecule has 1 aliphatic rings. The Morgan fingerprint density at radius 3 is 2.75 bits per heavy atom. The van der Waals surface area contributed by atoms with Crippen LogP contribution < -0.4 is 21.1 Å². The highest BCUT2D eigenvalue weighted by molar-refractivity contribution is 5.91. The van der Waals surface area contributed by atoms with Crippen LogP contribution in [0.1, 0.15) is 23.2 Å². The zero-order valence-electron chi connectivity index (χ0n) is 13.3. The maximum absolute atomic E-state index is 11.1. The molecule has 0 spiro atoms. The molecular weight excluding hydrogens is 306 g/mol. The number of carbonyl (C=O) groups is 1. The van der Waals surface area contributed by atoms with Gasteiger partial charge in [-0.15, -0.1) is 0 Å². The van der Waals surface area contributed by atoms with E-state index in [0.717, 1.165) is 37.4 Å². The van der Waals surface area contributed by atoms with E-state index in [1.165, 1.54) is 12.1 Å². The number of piperidine rings is 1. The molecule has 0 saturated carbocycles. The molecule has 126 valence electrons. The van der Waals surface area contributed by atoms with Crippen LogP contribution in [0.2, 0.25) is 0 Å². The molecule has 1 fully saturated rings. The Kier molecular flexibility index (Phi) is 4.86. The van der Waals surface area contributed by atoms with E-state index in [-0.39, 0.29) is 11.7 Å². The summed E-state index contributed by atoms with van der Waals surface area (Å²) in [6.45, 7) is 1.95. The second-order valence-corrected chi connectivity index (χ2v) is 5.83. The molecule has 1 heterocycles. The summed E-state index contributed by atoms with van der Waals surface area (Å²) in [6.07, 6.45) is 2.21. The van der Waals surface area contributed by atoms with Gasteiger partial charge in [-0.05, 0) is 56.3 Å². The minimum Gasteiger partial charge on any atom is -0.490 e. The fraction of sp³-hybridized carbons (Fsp3) is 0.278. The highest BCUT2D eigenvalue weighted by atomic mass is 16.5. The molecule has 0 amide bonds. The number of anilines is 3. The lowest BCUT2D eigenvalue weighted by Crippen LogP contribution is -2.34. The Morgan fingerprint density at radius 1 is 1.21 bits per heavy atom. The van der Waals surface area contributed by atoms with E-state index < -0.39 is 5.97 Å². The van der Waals surface area contributed by atoms with Gasteiger partial charge in [0.15, 0.2) is 0 Å². The van der Waals surface area contributed by atoms with Gasteiger partial charge in [0.2, 0.25) is 0 Å². The first-order chi connectivity index (χ1) is 11.6. The van der Waals surface area contributed by atoms with Gasteiger partial charge in [0.1, 0.15) is 11.9 Å². The Morgan fingerprint density at radius 2 is 2.00 bits per heavy atom. The number of benzene rings is 2. The number of nitrogens with two attached hydrogens (primary N) is 1. The first-order valence-corrected chi connectivity index (χ1v) is 7.99. The Hall–Kier alpha value is -2.73. The van der Waals surface area contributed by atoms with Gasteiger partial charge < -0.3 is 26.2 Å². The summed E-state index contributed by atoms with van der Waals surface area (Å²) in [5, 5.41) is 15.6. The van der Waals surface area contributed by atoms with Crippen molar-refractivity contribution in [2.75, 3.05) is 24.1 Å². The van der Waals surface area contributed by atoms with Crippen molar-refractivity contribution in [2.24, 2.45) is 0 Å². The summed E-state index contributed by atoms with van der Waals surface area (Å²) in [6, 6.07) is 12.2. The molecule has 5 N–H and O–H groups in total. The van der Waals surface area contributed by atoms with E-state index in [4.69, 9.17) is 15.6 Å². The number of carboxylic acid groups (broad SMARTS) is 1. The molecule has 1 saturated heterocycles. The van der Waals surface area contributed by atoms with Crippen LogP contribution in [0.4, 0.5) is 17.1 Å². The van der Waals surface area contributed by atoms with Crippen LogP contribution in [0, 0.1) is 0 Å². The molecule has 6 nitrogen and oxygen atoms in total. The first kappa shape index (κ1) is 16.1. The molecule has 3 rings (SSSR count). The van der Waals surface area contributed by atoms with Crippen molar-refractivity contribution >= 4 is 23.0 Å². The van der Waals surface area contributed by atoms with Crippen LogP contribution in [0.25, 0.3) is 0 Å². The van der Waals surface area contributed by atoms with Gasteiger partial charge in [-0.3, -0.25) is 0 Å². The first-order valence-electron chi connectivity index (χ1n) is 7.99. The molecular formula is C18H21N3O3. The van der Waals surface area contributed by atoms with Gasteiger partial charge in [-0.1, -0.05) is 6.07 Å². The fourth-order valence-electron chi connectivity index (χ4n) is 2.71. The third kappa shape index (κ3) is 3.97. The van der Waals surface area contributed by atoms with E-state index in [1.807, 2.05) is 24.3 Å². The number of hydrogen-bond donors (Lipinski definition) is 4. The van der Waals surface area contributed by atoms with Crippen LogP contribution in [0.3, 0.4) is 0 Å². The number of aromatic carboxylic acids is 1. The minimum absolute atomic E-state index is 0.189. The van der Waals surface area contributed by atoms with Crippen LogP contribution in [0.15, 0.2) is 42.5 Å². The van der Waals surface area contributed by atoms with Gasteiger partial charge in [0.05, 0.1) is 16.9 Å². The van der Waals surface area contributed by atoms with Crippen molar-refractivity contribution in [3.05, 3.63) is 48.0 Å². The molecule has 0 radical (unpaired) electrons. The minimum atomic E-state index is -0.985. The second kappa shape index (κ2) is 7.23. The van der Waals surface area contributed by atoms with Gasteiger partial charge in [-0.25, -0.2) is 4.79 Å². The van der Waals surface area contributed by atoms with Crippen LogP contribution in [-0.4, -0.2) is 30.3 Å². The van der Waals surface area contributed by atoms with Crippen molar-refractivity contribution in [1.82, 2.24) is 5.32 Å². The molecule has 24 heavy (non-hydrogen) atoms. The fourth-order valence-corrected chi connectivity index (χ4v) is 2.71. The Balaban J connectivity index is 1.74. The number of carboxylic acids is 1. The lowest BCUT2D eigenvalue weighted by molar-refractivity contribution is 0.0697. The monoisotopic (exact) mass is 327 g/mol. The van der Waals surface area contributed by atoms with Crippen molar-refractivity contribution in [2.45, 2.75) is 18.9 Å². The van der Waals surface area contributed by atoms with E-state index in [9.17, 15) is 4.79 Å². The summed E-state index contributed by atoms with van der Waals surface area (Å²) in [5.74, 6) is -0.194. The van der Waals surface area contributed by atoms with E-state index in [2.05, 4.69) is 10.6 Å². The summed E-state index contributed by atoms with van der Waals surface area (Å²) in [7, 11) is 0. The summed E-state index contributed by atoms with van der Waals surface area (Å²) < 4.78 is 6.02. The maximum Gasteiger partial charge on any atom is 0.335 e. The largest absolute Gasteiger partial charge is 0.490 e. The van der Waals surface area contributed by atoms with Crippen LogP contribution in [-0.2, 0) is 0 Å². The van der Waals surface area contributed by atoms with E-state index >= 15 is 0 Å². The average molecular weight is 327 g/mol. The molecule has 0 bridgehead atoms. The van der Waals surface area contributed by atoms with Crippen molar-refractivity contribution < 1.29 is 14.6 Å². The second-order valence-electron chi connectivity index (χ2n) is 5.83. The zero-order valence-corrected chi connectivity index (χ0v) is 13.3. The Labute approximate surface area is 140 Å². The van der Waals surface area contributed by atoms with Crippen LogP contribution >= 0.6 is 0 Å². The maximum atomic E-state index is 11.1. The molecule has 0 aliphatic carbocycles. The quantitative estimate of drug-likeness (QED) is 0.631. The topological polar surface area (TPSA) is 96.6 Å². The van der Waals surface area contributed by atoms with Gasteiger partial charge >= 0.3 is 5.97 Å². The number of ether oxygens (including phenoxy) is 1. The average Bonchev–Trinajstić information content (AvgIpc) is 2.58. The van der Waals surface area contributed by atoms with Gasteiger partial charge in [0, 0.05) is 11.8 Å². The molecule has 6 heteroatoms. The molecule has 0 unspecified atom stereocenters. The smallest absolute Gasteiger partial charge is 0.335 e. The summed E-state index contributed by atoms with van der Waals surface area (Å²) in [4.78, 5) is 11.1. The van der Waals surface area contributed by atoms with Crippen molar-refractivity contribution in [1.29, 1.82) is 0 Å². The predicted octanol–water partition coefficient (Wildman–Crippen LogP) is 2.84. The highest BCUT2D eigenvalue weighted by Crippen LogP contribution is 2.27. The standard InChI is InChI=1S/C18H21N3O3/c19-16-5-4-12(18(22)23)10-17(16)21-13-2-1-3-15(11-13)24-14-6-8-20-9-7-14/h1-5,10-11,14,20-21H,6-9,19H2,(H,22,23). The number of rotatable bonds is 5. The zero-order chi connectivity index (χ0) is 16.9. The molecule has 2 aromatic carbocycles. The van der Waals surface area contributed by atoms with E-state index in [1.54, 1.807) is 6.07 Å². The molecule has 1 aliphatic heterocycles. The number of hydrogen-bond acceptors (Lipinski definition) is 5. The number of nitrogens with one attached hydrogen (secondary N) is 2. The third-order valence-corrected chi connectivity index (χ3v) is 4.00.